The second-order valence-corrected chi connectivity index (χ2v) is 4.42. The van der Waals surface area contributed by atoms with Gasteiger partial charge >= 0.3 is 0 Å². The van der Waals surface area contributed by atoms with Gasteiger partial charge in [0.25, 0.3) is 0 Å². The summed E-state index contributed by atoms with van der Waals surface area (Å²) in [6.07, 6.45) is 1.24. The lowest BCUT2D eigenvalue weighted by Crippen LogP contribution is -2.52. The quantitative estimate of drug-likeness (QED) is 0.714. The maximum atomic E-state index is 5.66. The molecule has 2 unspecified atom stereocenters. The van der Waals surface area contributed by atoms with Gasteiger partial charge in [-0.15, -0.1) is 0 Å². The van der Waals surface area contributed by atoms with Crippen LogP contribution in [0.15, 0.2) is 0 Å². The van der Waals surface area contributed by atoms with Crippen molar-refractivity contribution in [3.05, 3.63) is 0 Å². The van der Waals surface area contributed by atoms with E-state index in [2.05, 4.69) is 10.2 Å². The van der Waals surface area contributed by atoms with Crippen LogP contribution in [0.1, 0.15) is 6.42 Å². The van der Waals surface area contributed by atoms with Gasteiger partial charge in [-0.3, -0.25) is 4.90 Å². The largest absolute Gasteiger partial charge is 0.383 e. The summed E-state index contributed by atoms with van der Waals surface area (Å²) in [5.41, 5.74) is 0. The van der Waals surface area contributed by atoms with E-state index in [1.807, 2.05) is 0 Å². The average molecular weight is 214 g/mol. The molecule has 0 aromatic heterocycles. The molecule has 0 spiro atoms. The van der Waals surface area contributed by atoms with Crippen LogP contribution in [0.25, 0.3) is 0 Å². The van der Waals surface area contributed by atoms with Gasteiger partial charge in [0.2, 0.25) is 0 Å². The van der Waals surface area contributed by atoms with Gasteiger partial charge in [0.15, 0.2) is 0 Å². The Kier molecular flexibility index (Phi) is 4.38. The Morgan fingerprint density at radius 3 is 3.33 bits per heavy atom. The molecule has 2 aliphatic heterocycles. The van der Waals surface area contributed by atoms with Gasteiger partial charge in [0.1, 0.15) is 0 Å². The fourth-order valence-electron chi connectivity index (χ4n) is 2.59. The number of rotatable bonds is 3. The molecule has 2 aliphatic rings. The van der Waals surface area contributed by atoms with Gasteiger partial charge in [0, 0.05) is 38.7 Å². The fraction of sp³-hybridized carbons (Fsp3) is 1.00. The predicted octanol–water partition coefficient (Wildman–Crippen LogP) is -0.0569. The summed E-state index contributed by atoms with van der Waals surface area (Å²) in [6.45, 7) is 6.96. The minimum atomic E-state index is 0.649. The standard InChI is InChI=1S/C11H22N2O2/c1-14-6-4-13-5-7-15-9-10-2-3-12-8-11(10)13/h10-12H,2-9H2,1H3. The van der Waals surface area contributed by atoms with Gasteiger partial charge in [-0.1, -0.05) is 0 Å². The monoisotopic (exact) mass is 214 g/mol. The first-order chi connectivity index (χ1) is 7.42. The number of hydrogen-bond donors (Lipinski definition) is 1. The summed E-state index contributed by atoms with van der Waals surface area (Å²) < 4.78 is 10.8. The second-order valence-electron chi connectivity index (χ2n) is 4.42. The Balaban J connectivity index is 1.93. The zero-order valence-electron chi connectivity index (χ0n) is 9.58. The molecular weight excluding hydrogens is 192 g/mol. The van der Waals surface area contributed by atoms with Crippen molar-refractivity contribution in [3.8, 4) is 0 Å². The van der Waals surface area contributed by atoms with Crippen LogP contribution >= 0.6 is 0 Å². The zero-order chi connectivity index (χ0) is 10.5. The van der Waals surface area contributed by atoms with Crippen molar-refractivity contribution in [2.75, 3.05) is 53.1 Å². The van der Waals surface area contributed by atoms with Gasteiger partial charge in [-0.2, -0.15) is 0 Å². The molecule has 0 aromatic rings. The average Bonchev–Trinajstić information content (AvgIpc) is 2.49. The Morgan fingerprint density at radius 2 is 2.47 bits per heavy atom. The third-order valence-corrected chi connectivity index (χ3v) is 3.50. The van der Waals surface area contributed by atoms with Crippen LogP contribution in [-0.4, -0.2) is 64.1 Å². The van der Waals surface area contributed by atoms with E-state index in [9.17, 15) is 0 Å². The van der Waals surface area contributed by atoms with Crippen molar-refractivity contribution in [3.63, 3.8) is 0 Å². The lowest BCUT2D eigenvalue weighted by Gasteiger charge is -2.37. The van der Waals surface area contributed by atoms with Crippen molar-refractivity contribution in [2.45, 2.75) is 12.5 Å². The molecule has 2 saturated heterocycles. The molecule has 4 nitrogen and oxygen atoms in total. The molecule has 0 aliphatic carbocycles. The summed E-state index contributed by atoms with van der Waals surface area (Å²) in [4.78, 5) is 2.52. The Bertz CT molecular complexity index is 189. The van der Waals surface area contributed by atoms with Crippen LogP contribution in [0, 0.1) is 5.92 Å². The summed E-state index contributed by atoms with van der Waals surface area (Å²) in [5.74, 6) is 0.714. The maximum Gasteiger partial charge on any atom is 0.0593 e. The highest BCUT2D eigenvalue weighted by molar-refractivity contribution is 4.87. The molecule has 0 radical (unpaired) electrons. The van der Waals surface area contributed by atoms with E-state index in [1.165, 1.54) is 6.42 Å². The van der Waals surface area contributed by atoms with Crippen molar-refractivity contribution in [1.82, 2.24) is 10.2 Å². The smallest absolute Gasteiger partial charge is 0.0593 e. The van der Waals surface area contributed by atoms with Crippen LogP contribution < -0.4 is 5.32 Å². The van der Waals surface area contributed by atoms with Crippen molar-refractivity contribution in [2.24, 2.45) is 5.92 Å². The molecule has 88 valence electrons. The number of ether oxygens (including phenoxy) is 2. The number of piperidine rings is 1. The molecule has 1 N–H and O–H groups in total. The van der Waals surface area contributed by atoms with Crippen molar-refractivity contribution in [1.29, 1.82) is 0 Å². The maximum absolute atomic E-state index is 5.66. The summed E-state index contributed by atoms with van der Waals surface area (Å²) in [5, 5.41) is 3.48. The van der Waals surface area contributed by atoms with E-state index in [1.54, 1.807) is 7.11 Å². The van der Waals surface area contributed by atoms with Crippen LogP contribution in [0.2, 0.25) is 0 Å². The highest BCUT2D eigenvalue weighted by Gasteiger charge is 2.31. The van der Waals surface area contributed by atoms with E-state index >= 15 is 0 Å². The van der Waals surface area contributed by atoms with E-state index in [0.717, 1.165) is 46.0 Å². The zero-order valence-corrected chi connectivity index (χ0v) is 9.58. The number of nitrogens with one attached hydrogen (secondary N) is 1. The van der Waals surface area contributed by atoms with Crippen LogP contribution in [-0.2, 0) is 9.47 Å². The van der Waals surface area contributed by atoms with Crippen molar-refractivity contribution >= 4 is 0 Å². The van der Waals surface area contributed by atoms with Crippen LogP contribution in [0.3, 0.4) is 0 Å². The van der Waals surface area contributed by atoms with Crippen LogP contribution in [0.5, 0.6) is 0 Å². The SMILES string of the molecule is COCCN1CCOCC2CCNCC21. The number of methoxy groups -OCH3 is 1. The van der Waals surface area contributed by atoms with Crippen LogP contribution in [0.4, 0.5) is 0 Å². The Morgan fingerprint density at radius 1 is 1.53 bits per heavy atom. The minimum absolute atomic E-state index is 0.649. The summed E-state index contributed by atoms with van der Waals surface area (Å²) in [6, 6.07) is 0.649. The van der Waals surface area contributed by atoms with E-state index in [-0.39, 0.29) is 0 Å². The molecular formula is C11H22N2O2. The molecule has 4 heteroatoms. The molecule has 2 heterocycles. The third-order valence-electron chi connectivity index (χ3n) is 3.50. The predicted molar refractivity (Wildman–Crippen MR) is 59.0 cm³/mol. The summed E-state index contributed by atoms with van der Waals surface area (Å²) >= 11 is 0. The van der Waals surface area contributed by atoms with Gasteiger partial charge in [-0.25, -0.2) is 0 Å². The molecule has 0 bridgehead atoms. The van der Waals surface area contributed by atoms with E-state index in [4.69, 9.17) is 9.47 Å². The molecule has 2 rings (SSSR count). The van der Waals surface area contributed by atoms with Crippen molar-refractivity contribution < 1.29 is 9.47 Å². The minimum Gasteiger partial charge on any atom is -0.383 e. The molecule has 2 fully saturated rings. The van der Waals surface area contributed by atoms with Gasteiger partial charge < -0.3 is 14.8 Å². The first-order valence-electron chi connectivity index (χ1n) is 5.93. The summed E-state index contributed by atoms with van der Waals surface area (Å²) in [7, 11) is 1.77. The topological polar surface area (TPSA) is 33.7 Å². The highest BCUT2D eigenvalue weighted by atomic mass is 16.5. The first-order valence-corrected chi connectivity index (χ1v) is 5.93. The fourth-order valence-corrected chi connectivity index (χ4v) is 2.59. The third kappa shape index (κ3) is 2.91. The van der Waals surface area contributed by atoms with E-state index in [0.29, 0.717) is 12.0 Å². The Labute approximate surface area is 91.9 Å². The molecule has 0 aromatic carbocycles. The first kappa shape index (κ1) is 11.3. The van der Waals surface area contributed by atoms with E-state index < -0.39 is 0 Å². The molecule has 15 heavy (non-hydrogen) atoms. The van der Waals surface area contributed by atoms with Gasteiger partial charge in [0.05, 0.1) is 19.8 Å². The highest BCUT2D eigenvalue weighted by Crippen LogP contribution is 2.20. The Hall–Kier alpha value is -0.160. The number of nitrogens with zero attached hydrogens (tertiary/aromatic N) is 1. The second kappa shape index (κ2) is 5.80. The number of hydrogen-bond acceptors (Lipinski definition) is 4. The normalized spacial score (nSPS) is 33.4. The molecule has 2 atom stereocenters. The lowest BCUT2D eigenvalue weighted by molar-refractivity contribution is 0.0864. The van der Waals surface area contributed by atoms with Gasteiger partial charge in [-0.05, 0) is 13.0 Å². The molecule has 0 saturated carbocycles. The lowest BCUT2D eigenvalue weighted by atomic mass is 9.92. The molecule has 0 amide bonds. The number of fused-ring (bicyclic) bond motifs is 1.